The Kier molecular flexibility index (Phi) is 4.29. The van der Waals surface area contributed by atoms with E-state index in [2.05, 4.69) is 5.32 Å². The van der Waals surface area contributed by atoms with Crippen LogP contribution in [0, 0.1) is 0 Å². The van der Waals surface area contributed by atoms with Gasteiger partial charge in [-0.2, -0.15) is 0 Å². The minimum Gasteiger partial charge on any atom is -0.508 e. The van der Waals surface area contributed by atoms with Crippen molar-refractivity contribution in [3.05, 3.63) is 29.8 Å². The van der Waals surface area contributed by atoms with Crippen molar-refractivity contribution in [3.63, 3.8) is 0 Å². The molecule has 0 bridgehead atoms. The first-order chi connectivity index (χ1) is 6.33. The monoisotopic (exact) mass is 181 g/mol. The Labute approximate surface area is 78.0 Å². The summed E-state index contributed by atoms with van der Waals surface area (Å²) in [6, 6.07) is 7.15. The van der Waals surface area contributed by atoms with E-state index >= 15 is 0 Å². The molecule has 72 valence electrons. The summed E-state index contributed by atoms with van der Waals surface area (Å²) in [6.45, 7) is 1.74. The Balaban J connectivity index is 2.28. The van der Waals surface area contributed by atoms with Gasteiger partial charge in [-0.25, -0.2) is 0 Å². The van der Waals surface area contributed by atoms with Crippen LogP contribution in [0.2, 0.25) is 0 Å². The molecule has 0 aliphatic heterocycles. The number of phenolic OH excluding ortho intramolecular Hbond substituents is 1. The highest BCUT2D eigenvalue weighted by Gasteiger charge is 1.93. The molecule has 3 nitrogen and oxygen atoms in total. The predicted octanol–water partition coefficient (Wildman–Crippen LogP) is 0.864. The van der Waals surface area contributed by atoms with Crippen molar-refractivity contribution < 1.29 is 10.2 Å². The fourth-order valence-electron chi connectivity index (χ4n) is 1.10. The van der Waals surface area contributed by atoms with Gasteiger partial charge in [-0.05, 0) is 30.7 Å². The summed E-state index contributed by atoms with van der Waals surface area (Å²) < 4.78 is 0. The second-order valence-electron chi connectivity index (χ2n) is 2.92. The second kappa shape index (κ2) is 5.56. The van der Waals surface area contributed by atoms with Gasteiger partial charge in [-0.15, -0.1) is 0 Å². The second-order valence-corrected chi connectivity index (χ2v) is 2.92. The summed E-state index contributed by atoms with van der Waals surface area (Å²) >= 11 is 0. The lowest BCUT2D eigenvalue weighted by Crippen LogP contribution is -2.15. The molecule has 0 atom stereocenters. The van der Waals surface area contributed by atoms with E-state index in [1.165, 1.54) is 0 Å². The molecule has 0 radical (unpaired) electrons. The molecule has 0 unspecified atom stereocenters. The molecule has 3 N–H and O–H groups in total. The van der Waals surface area contributed by atoms with Crippen LogP contribution in [0.3, 0.4) is 0 Å². The zero-order chi connectivity index (χ0) is 9.52. The van der Waals surface area contributed by atoms with Crippen LogP contribution in [-0.2, 0) is 6.54 Å². The lowest BCUT2D eigenvalue weighted by Gasteiger charge is -2.03. The fourth-order valence-corrected chi connectivity index (χ4v) is 1.10. The van der Waals surface area contributed by atoms with E-state index in [1.807, 2.05) is 12.1 Å². The van der Waals surface area contributed by atoms with Crippen LogP contribution in [0.5, 0.6) is 5.75 Å². The molecule has 3 heteroatoms. The average molecular weight is 181 g/mol. The van der Waals surface area contributed by atoms with E-state index in [0.29, 0.717) is 5.75 Å². The number of aliphatic hydroxyl groups excluding tert-OH is 1. The molecule has 0 heterocycles. The number of phenols is 1. The topological polar surface area (TPSA) is 52.5 Å². The molecule has 0 amide bonds. The zero-order valence-electron chi connectivity index (χ0n) is 7.53. The van der Waals surface area contributed by atoms with Gasteiger partial charge in [-0.3, -0.25) is 0 Å². The van der Waals surface area contributed by atoms with Crippen LogP contribution in [0.25, 0.3) is 0 Å². The van der Waals surface area contributed by atoms with Gasteiger partial charge in [0, 0.05) is 13.2 Å². The number of benzene rings is 1. The Bertz CT molecular complexity index is 250. The molecule has 0 aliphatic carbocycles. The summed E-state index contributed by atoms with van der Waals surface area (Å²) in [5.74, 6) is 0.293. The highest BCUT2D eigenvalue weighted by molar-refractivity contribution is 5.26. The van der Waals surface area contributed by atoms with Crippen molar-refractivity contribution >= 4 is 0 Å². The van der Waals surface area contributed by atoms with Crippen molar-refractivity contribution in [2.45, 2.75) is 13.0 Å². The average Bonchev–Trinajstić information content (AvgIpc) is 2.13. The lowest BCUT2D eigenvalue weighted by molar-refractivity contribution is 0.286. The highest BCUT2D eigenvalue weighted by Crippen LogP contribution is 2.10. The van der Waals surface area contributed by atoms with E-state index in [1.54, 1.807) is 12.1 Å². The predicted molar refractivity (Wildman–Crippen MR) is 51.5 cm³/mol. The normalized spacial score (nSPS) is 10.2. The van der Waals surface area contributed by atoms with E-state index in [4.69, 9.17) is 10.2 Å². The SMILES string of the molecule is OCCCNCc1cccc(O)c1. The Morgan fingerprint density at radius 3 is 2.85 bits per heavy atom. The Morgan fingerprint density at radius 1 is 1.31 bits per heavy atom. The number of hydrogen-bond donors (Lipinski definition) is 3. The summed E-state index contributed by atoms with van der Waals surface area (Å²) in [7, 11) is 0. The standard InChI is InChI=1S/C10H15NO2/c12-6-2-5-11-8-9-3-1-4-10(13)7-9/h1,3-4,7,11-13H,2,5-6,8H2. The van der Waals surface area contributed by atoms with E-state index in [-0.39, 0.29) is 6.61 Å². The summed E-state index contributed by atoms with van der Waals surface area (Å²) in [6.07, 6.45) is 0.763. The van der Waals surface area contributed by atoms with Gasteiger partial charge < -0.3 is 15.5 Å². The smallest absolute Gasteiger partial charge is 0.115 e. The Hall–Kier alpha value is -1.06. The van der Waals surface area contributed by atoms with Gasteiger partial charge in [0.1, 0.15) is 5.75 Å². The Morgan fingerprint density at radius 2 is 2.15 bits per heavy atom. The third-order valence-corrected chi connectivity index (χ3v) is 1.75. The molecular weight excluding hydrogens is 166 g/mol. The van der Waals surface area contributed by atoms with Gasteiger partial charge in [0.25, 0.3) is 0 Å². The maximum absolute atomic E-state index is 9.15. The molecule has 1 rings (SSSR count). The number of hydrogen-bond acceptors (Lipinski definition) is 3. The molecular formula is C10H15NO2. The summed E-state index contributed by atoms with van der Waals surface area (Å²) in [4.78, 5) is 0. The first-order valence-corrected chi connectivity index (χ1v) is 4.42. The minimum atomic E-state index is 0.215. The van der Waals surface area contributed by atoms with E-state index in [9.17, 15) is 0 Å². The van der Waals surface area contributed by atoms with Crippen LogP contribution in [0.4, 0.5) is 0 Å². The maximum atomic E-state index is 9.15. The van der Waals surface area contributed by atoms with Crippen molar-refractivity contribution in [2.75, 3.05) is 13.2 Å². The van der Waals surface area contributed by atoms with E-state index in [0.717, 1.165) is 25.1 Å². The quantitative estimate of drug-likeness (QED) is 0.591. The molecule has 0 aromatic heterocycles. The summed E-state index contributed by atoms with van der Waals surface area (Å²) in [5.41, 5.74) is 1.05. The van der Waals surface area contributed by atoms with Gasteiger partial charge in [0.05, 0.1) is 0 Å². The van der Waals surface area contributed by atoms with Gasteiger partial charge >= 0.3 is 0 Å². The third-order valence-electron chi connectivity index (χ3n) is 1.75. The number of aromatic hydroxyl groups is 1. The number of rotatable bonds is 5. The minimum absolute atomic E-state index is 0.215. The molecule has 0 fully saturated rings. The lowest BCUT2D eigenvalue weighted by atomic mass is 10.2. The van der Waals surface area contributed by atoms with Crippen molar-refractivity contribution in [1.82, 2.24) is 5.32 Å². The number of nitrogens with one attached hydrogen (secondary N) is 1. The van der Waals surface area contributed by atoms with Crippen molar-refractivity contribution in [1.29, 1.82) is 0 Å². The molecule has 0 saturated carbocycles. The van der Waals surface area contributed by atoms with Crippen LogP contribution in [0.15, 0.2) is 24.3 Å². The van der Waals surface area contributed by atoms with Crippen LogP contribution in [0.1, 0.15) is 12.0 Å². The van der Waals surface area contributed by atoms with Gasteiger partial charge in [0.2, 0.25) is 0 Å². The van der Waals surface area contributed by atoms with Crippen molar-refractivity contribution in [2.24, 2.45) is 0 Å². The fraction of sp³-hybridized carbons (Fsp3) is 0.400. The molecule has 0 spiro atoms. The molecule has 1 aromatic rings. The maximum Gasteiger partial charge on any atom is 0.115 e. The van der Waals surface area contributed by atoms with Crippen molar-refractivity contribution in [3.8, 4) is 5.75 Å². The van der Waals surface area contributed by atoms with Crippen LogP contribution in [-0.4, -0.2) is 23.4 Å². The van der Waals surface area contributed by atoms with E-state index < -0.39 is 0 Å². The molecule has 13 heavy (non-hydrogen) atoms. The van der Waals surface area contributed by atoms with Crippen LogP contribution < -0.4 is 5.32 Å². The van der Waals surface area contributed by atoms with Gasteiger partial charge in [0.15, 0.2) is 0 Å². The largest absolute Gasteiger partial charge is 0.508 e. The van der Waals surface area contributed by atoms with Crippen LogP contribution >= 0.6 is 0 Å². The molecule has 0 aliphatic rings. The molecule has 0 saturated heterocycles. The first-order valence-electron chi connectivity index (χ1n) is 4.42. The highest BCUT2D eigenvalue weighted by atomic mass is 16.3. The third kappa shape index (κ3) is 3.92. The molecule has 1 aromatic carbocycles. The summed E-state index contributed by atoms with van der Waals surface area (Å²) in [5, 5.41) is 20.8. The zero-order valence-corrected chi connectivity index (χ0v) is 7.53. The van der Waals surface area contributed by atoms with Gasteiger partial charge in [-0.1, -0.05) is 12.1 Å². The first kappa shape index (κ1) is 10.0. The number of aliphatic hydroxyl groups is 1.